The van der Waals surface area contributed by atoms with Crippen molar-refractivity contribution in [2.24, 2.45) is 11.7 Å². The fourth-order valence-electron chi connectivity index (χ4n) is 0.986. The normalized spacial score (nSPS) is 13.4. The minimum Gasteiger partial charge on any atom is -0.322 e. The number of hydrogen-bond acceptors (Lipinski definition) is 2. The van der Waals surface area contributed by atoms with Crippen LogP contribution in [-0.4, -0.2) is 4.98 Å². The summed E-state index contributed by atoms with van der Waals surface area (Å²) in [5, 5.41) is 0. The van der Waals surface area contributed by atoms with E-state index >= 15 is 0 Å². The highest BCUT2D eigenvalue weighted by molar-refractivity contribution is 9.10. The Morgan fingerprint density at radius 2 is 2.15 bits per heavy atom. The van der Waals surface area contributed by atoms with E-state index in [0.717, 1.165) is 0 Å². The van der Waals surface area contributed by atoms with Gasteiger partial charge >= 0.3 is 0 Å². The van der Waals surface area contributed by atoms with Gasteiger partial charge in [-0.3, -0.25) is 4.98 Å². The molecule has 0 aliphatic carbocycles. The molecule has 4 heteroatoms. The van der Waals surface area contributed by atoms with Crippen LogP contribution in [0.3, 0.4) is 0 Å². The van der Waals surface area contributed by atoms with Crippen LogP contribution in [0.4, 0.5) is 4.39 Å². The molecule has 72 valence electrons. The minimum atomic E-state index is -0.351. The summed E-state index contributed by atoms with van der Waals surface area (Å²) in [4.78, 5) is 3.95. The maximum atomic E-state index is 13.3. The zero-order chi connectivity index (χ0) is 10.0. The second kappa shape index (κ2) is 4.15. The Bertz CT molecular complexity index is 302. The van der Waals surface area contributed by atoms with Crippen molar-refractivity contribution < 1.29 is 4.39 Å². The van der Waals surface area contributed by atoms with Gasteiger partial charge in [-0.25, -0.2) is 4.39 Å². The lowest BCUT2D eigenvalue weighted by Gasteiger charge is -2.15. The molecular weight excluding hydrogens is 235 g/mol. The van der Waals surface area contributed by atoms with E-state index in [1.807, 2.05) is 13.8 Å². The van der Waals surface area contributed by atoms with Gasteiger partial charge in [-0.05, 0) is 27.9 Å². The smallest absolute Gasteiger partial charge is 0.147 e. The van der Waals surface area contributed by atoms with Crippen LogP contribution in [0.25, 0.3) is 0 Å². The highest BCUT2D eigenvalue weighted by Crippen LogP contribution is 2.21. The Morgan fingerprint density at radius 1 is 1.54 bits per heavy atom. The predicted octanol–water partition coefficient (Wildman–Crippen LogP) is 2.64. The monoisotopic (exact) mass is 246 g/mol. The Morgan fingerprint density at radius 3 is 2.62 bits per heavy atom. The van der Waals surface area contributed by atoms with E-state index in [2.05, 4.69) is 20.9 Å². The first-order chi connectivity index (χ1) is 6.02. The molecule has 1 atom stereocenters. The molecule has 0 bridgehead atoms. The maximum absolute atomic E-state index is 13.3. The van der Waals surface area contributed by atoms with Gasteiger partial charge < -0.3 is 5.73 Å². The zero-order valence-corrected chi connectivity index (χ0v) is 9.18. The number of rotatable bonds is 2. The Labute approximate surface area is 85.5 Å². The van der Waals surface area contributed by atoms with E-state index in [1.54, 1.807) is 6.20 Å². The van der Waals surface area contributed by atoms with Crippen molar-refractivity contribution in [1.82, 2.24) is 4.98 Å². The molecule has 2 N–H and O–H groups in total. The largest absolute Gasteiger partial charge is 0.322 e. The summed E-state index contributed by atoms with van der Waals surface area (Å²) < 4.78 is 13.9. The fourth-order valence-corrected chi connectivity index (χ4v) is 1.29. The lowest BCUT2D eigenvalue weighted by molar-refractivity contribution is 0.471. The molecule has 1 heterocycles. The van der Waals surface area contributed by atoms with Gasteiger partial charge in [0.2, 0.25) is 0 Å². The van der Waals surface area contributed by atoms with Crippen LogP contribution in [0.15, 0.2) is 16.7 Å². The highest BCUT2D eigenvalue weighted by atomic mass is 79.9. The van der Waals surface area contributed by atoms with E-state index in [0.29, 0.717) is 10.2 Å². The summed E-state index contributed by atoms with van der Waals surface area (Å²) in [7, 11) is 0. The molecule has 2 nitrogen and oxygen atoms in total. The Hall–Kier alpha value is -0.480. The van der Waals surface area contributed by atoms with Gasteiger partial charge in [0.25, 0.3) is 0 Å². The SMILES string of the molecule is CC(C)[C@H](N)c1ncc(Br)cc1F. The third kappa shape index (κ3) is 2.48. The van der Waals surface area contributed by atoms with Crippen molar-refractivity contribution in [3.8, 4) is 0 Å². The second-order valence-electron chi connectivity index (χ2n) is 3.29. The van der Waals surface area contributed by atoms with Gasteiger partial charge in [0.05, 0.1) is 11.7 Å². The first-order valence-corrected chi connectivity index (χ1v) is 4.88. The van der Waals surface area contributed by atoms with E-state index in [4.69, 9.17) is 5.73 Å². The molecule has 0 amide bonds. The number of aromatic nitrogens is 1. The molecule has 1 aromatic rings. The summed E-state index contributed by atoms with van der Waals surface area (Å²) >= 11 is 3.14. The first-order valence-electron chi connectivity index (χ1n) is 4.09. The van der Waals surface area contributed by atoms with Crippen LogP contribution in [0.5, 0.6) is 0 Å². The maximum Gasteiger partial charge on any atom is 0.147 e. The number of pyridine rings is 1. The quantitative estimate of drug-likeness (QED) is 0.872. The van der Waals surface area contributed by atoms with Gasteiger partial charge in [-0.15, -0.1) is 0 Å². The fraction of sp³-hybridized carbons (Fsp3) is 0.444. The lowest BCUT2D eigenvalue weighted by Crippen LogP contribution is -2.19. The summed E-state index contributed by atoms with van der Waals surface area (Å²) in [5.74, 6) is -0.168. The van der Waals surface area contributed by atoms with Crippen LogP contribution in [0, 0.1) is 11.7 Å². The van der Waals surface area contributed by atoms with Crippen LogP contribution >= 0.6 is 15.9 Å². The summed E-state index contributed by atoms with van der Waals surface area (Å²) in [6.07, 6.45) is 1.56. The second-order valence-corrected chi connectivity index (χ2v) is 4.21. The number of nitrogens with two attached hydrogens (primary N) is 1. The van der Waals surface area contributed by atoms with Crippen molar-refractivity contribution in [2.75, 3.05) is 0 Å². The highest BCUT2D eigenvalue weighted by Gasteiger charge is 2.16. The van der Waals surface area contributed by atoms with Gasteiger partial charge in [0.15, 0.2) is 0 Å². The van der Waals surface area contributed by atoms with Crippen LogP contribution in [-0.2, 0) is 0 Å². The van der Waals surface area contributed by atoms with Crippen LogP contribution in [0.2, 0.25) is 0 Å². The van der Waals surface area contributed by atoms with Crippen molar-refractivity contribution in [2.45, 2.75) is 19.9 Å². The summed E-state index contributed by atoms with van der Waals surface area (Å²) in [5.41, 5.74) is 6.10. The molecule has 1 rings (SSSR count). The number of halogens is 2. The molecule has 0 aliphatic heterocycles. The van der Waals surface area contributed by atoms with Gasteiger partial charge in [0, 0.05) is 10.7 Å². The Balaban J connectivity index is 3.01. The standard InChI is InChI=1S/C9H12BrFN2/c1-5(2)8(12)9-7(11)3-6(10)4-13-9/h3-5,8H,12H2,1-2H3/t8-/m0/s1. The summed E-state index contributed by atoms with van der Waals surface area (Å²) in [6, 6.07) is 1.04. The first kappa shape index (κ1) is 10.6. The Kier molecular flexibility index (Phi) is 3.39. The molecule has 0 saturated heterocycles. The molecule has 0 spiro atoms. The van der Waals surface area contributed by atoms with Crippen molar-refractivity contribution in [1.29, 1.82) is 0 Å². The van der Waals surface area contributed by atoms with E-state index in [9.17, 15) is 4.39 Å². The third-order valence-electron chi connectivity index (χ3n) is 1.87. The van der Waals surface area contributed by atoms with Gasteiger partial charge in [-0.2, -0.15) is 0 Å². The number of nitrogens with zero attached hydrogens (tertiary/aromatic N) is 1. The molecule has 0 radical (unpaired) electrons. The van der Waals surface area contributed by atoms with Gasteiger partial charge in [0.1, 0.15) is 5.82 Å². The lowest BCUT2D eigenvalue weighted by atomic mass is 10.0. The van der Waals surface area contributed by atoms with Gasteiger partial charge in [-0.1, -0.05) is 13.8 Å². The topological polar surface area (TPSA) is 38.9 Å². The predicted molar refractivity (Wildman–Crippen MR) is 53.7 cm³/mol. The van der Waals surface area contributed by atoms with Crippen molar-refractivity contribution in [3.05, 3.63) is 28.2 Å². The molecule has 0 unspecified atom stereocenters. The molecule has 1 aromatic heterocycles. The molecule has 0 aliphatic rings. The summed E-state index contributed by atoms with van der Waals surface area (Å²) in [6.45, 7) is 3.88. The molecule has 13 heavy (non-hydrogen) atoms. The third-order valence-corrected chi connectivity index (χ3v) is 2.30. The van der Waals surface area contributed by atoms with Crippen molar-refractivity contribution >= 4 is 15.9 Å². The minimum absolute atomic E-state index is 0.183. The van der Waals surface area contributed by atoms with Crippen molar-refractivity contribution in [3.63, 3.8) is 0 Å². The zero-order valence-electron chi connectivity index (χ0n) is 7.59. The molecule has 0 aromatic carbocycles. The van der Waals surface area contributed by atoms with Crippen LogP contribution in [0.1, 0.15) is 25.6 Å². The van der Waals surface area contributed by atoms with Crippen LogP contribution < -0.4 is 5.73 Å². The average molecular weight is 247 g/mol. The number of hydrogen-bond donors (Lipinski definition) is 1. The van der Waals surface area contributed by atoms with E-state index < -0.39 is 0 Å². The average Bonchev–Trinajstić information content (AvgIpc) is 2.03. The molecular formula is C9H12BrFN2. The molecule has 0 fully saturated rings. The van der Waals surface area contributed by atoms with E-state index in [-0.39, 0.29) is 17.8 Å². The molecule has 0 saturated carbocycles. The van der Waals surface area contributed by atoms with E-state index in [1.165, 1.54) is 6.07 Å².